The summed E-state index contributed by atoms with van der Waals surface area (Å²) in [5.74, 6) is 0.232. The van der Waals surface area contributed by atoms with E-state index in [9.17, 15) is 4.79 Å². The number of pyridine rings is 2. The highest BCUT2D eigenvalue weighted by molar-refractivity contribution is 5.87. The molecule has 0 N–H and O–H groups in total. The van der Waals surface area contributed by atoms with Crippen LogP contribution in [0.4, 0.5) is 0 Å². The number of nitrogens with zero attached hydrogens (tertiary/aromatic N) is 5. The highest BCUT2D eigenvalue weighted by atomic mass is 16.1. The Balaban J connectivity index is 1.57. The molecule has 1 fully saturated rings. The lowest BCUT2D eigenvalue weighted by molar-refractivity contribution is -0.122. The fraction of sp³-hybridized carbons (Fsp3) is 0.400. The second-order valence-corrected chi connectivity index (χ2v) is 7.06. The standard InChI is InChI=1S/C20H23N5O/c1-14(25-5-3-4-6-25)20(26)9-18-8-15-7-16(10-22-19(15)12-21-18)17-11-23-24(2)13-17/h7-8,10-14H,3-6,9H2,1-2H3/t14-/m1/s1. The van der Waals surface area contributed by atoms with Crippen LogP contribution in [-0.2, 0) is 18.3 Å². The number of carbonyl (C=O) groups is 1. The molecule has 26 heavy (non-hydrogen) atoms. The molecule has 0 bridgehead atoms. The summed E-state index contributed by atoms with van der Waals surface area (Å²) in [6.45, 7) is 4.06. The molecular formula is C20H23N5O. The average Bonchev–Trinajstić information content (AvgIpc) is 3.32. The average molecular weight is 349 g/mol. The molecule has 1 saturated heterocycles. The fourth-order valence-electron chi connectivity index (χ4n) is 3.56. The minimum Gasteiger partial charge on any atom is -0.298 e. The Labute approximate surface area is 152 Å². The van der Waals surface area contributed by atoms with Crippen molar-refractivity contribution in [3.63, 3.8) is 0 Å². The summed E-state index contributed by atoms with van der Waals surface area (Å²) in [6, 6.07) is 4.03. The molecule has 4 rings (SSSR count). The van der Waals surface area contributed by atoms with Gasteiger partial charge >= 0.3 is 0 Å². The molecule has 3 aromatic rings. The van der Waals surface area contributed by atoms with E-state index in [4.69, 9.17) is 0 Å². The maximum atomic E-state index is 12.6. The fourth-order valence-corrected chi connectivity index (χ4v) is 3.56. The normalized spacial score (nSPS) is 16.2. The quantitative estimate of drug-likeness (QED) is 0.708. The molecule has 0 saturated carbocycles. The van der Waals surface area contributed by atoms with Crippen molar-refractivity contribution in [1.82, 2.24) is 24.6 Å². The highest BCUT2D eigenvalue weighted by Crippen LogP contribution is 2.22. The summed E-state index contributed by atoms with van der Waals surface area (Å²) in [5, 5.41) is 5.21. The van der Waals surface area contributed by atoms with Gasteiger partial charge in [0.1, 0.15) is 0 Å². The molecule has 1 aliphatic rings. The van der Waals surface area contributed by atoms with E-state index in [0.29, 0.717) is 6.42 Å². The first-order valence-electron chi connectivity index (χ1n) is 9.10. The molecule has 6 heteroatoms. The van der Waals surface area contributed by atoms with Gasteiger partial charge in [0.2, 0.25) is 0 Å². The first-order valence-corrected chi connectivity index (χ1v) is 9.10. The largest absolute Gasteiger partial charge is 0.298 e. The molecule has 0 amide bonds. The maximum Gasteiger partial charge on any atom is 0.155 e. The number of carbonyl (C=O) groups excluding carboxylic acids is 1. The number of aromatic nitrogens is 4. The summed E-state index contributed by atoms with van der Waals surface area (Å²) >= 11 is 0. The van der Waals surface area contributed by atoms with Gasteiger partial charge < -0.3 is 0 Å². The molecule has 1 atom stereocenters. The smallest absolute Gasteiger partial charge is 0.155 e. The highest BCUT2D eigenvalue weighted by Gasteiger charge is 2.24. The molecule has 0 radical (unpaired) electrons. The van der Waals surface area contributed by atoms with Gasteiger partial charge in [0.25, 0.3) is 0 Å². The Hall–Kier alpha value is -2.60. The number of hydrogen-bond donors (Lipinski definition) is 0. The number of likely N-dealkylation sites (tertiary alicyclic amines) is 1. The van der Waals surface area contributed by atoms with Crippen molar-refractivity contribution in [3.05, 3.63) is 42.6 Å². The number of Topliss-reactive ketones (excluding diaryl/α,β-unsaturated/α-hetero) is 1. The van der Waals surface area contributed by atoms with Crippen LogP contribution in [0.1, 0.15) is 25.5 Å². The van der Waals surface area contributed by atoms with Crippen LogP contribution in [0.2, 0.25) is 0 Å². The van der Waals surface area contributed by atoms with Gasteiger partial charge in [-0.2, -0.15) is 5.10 Å². The van der Waals surface area contributed by atoms with Crippen LogP contribution < -0.4 is 0 Å². The summed E-state index contributed by atoms with van der Waals surface area (Å²) in [5.41, 5.74) is 3.68. The second kappa shape index (κ2) is 6.96. The zero-order valence-corrected chi connectivity index (χ0v) is 15.2. The molecule has 0 aromatic carbocycles. The van der Waals surface area contributed by atoms with Crippen LogP contribution in [0.15, 0.2) is 36.9 Å². The number of aryl methyl sites for hydroxylation is 1. The Bertz CT molecular complexity index is 942. The Morgan fingerprint density at radius 1 is 1.12 bits per heavy atom. The van der Waals surface area contributed by atoms with E-state index in [1.54, 1.807) is 10.9 Å². The molecule has 6 nitrogen and oxygen atoms in total. The van der Waals surface area contributed by atoms with Crippen LogP contribution in [0.25, 0.3) is 22.0 Å². The van der Waals surface area contributed by atoms with Crippen LogP contribution in [0.5, 0.6) is 0 Å². The van der Waals surface area contributed by atoms with Gasteiger partial charge in [-0.25, -0.2) is 0 Å². The Kier molecular flexibility index (Phi) is 4.51. The maximum absolute atomic E-state index is 12.6. The molecule has 134 valence electrons. The van der Waals surface area contributed by atoms with Crippen molar-refractivity contribution < 1.29 is 4.79 Å². The number of rotatable bonds is 5. The van der Waals surface area contributed by atoms with Gasteiger partial charge in [0.15, 0.2) is 5.78 Å². The van der Waals surface area contributed by atoms with Gasteiger partial charge in [-0.1, -0.05) is 0 Å². The molecule has 0 unspecified atom stereocenters. The summed E-state index contributed by atoms with van der Waals surface area (Å²) in [6.07, 6.45) is 10.1. The van der Waals surface area contributed by atoms with E-state index in [1.165, 1.54) is 12.8 Å². The number of ketones is 1. The lowest BCUT2D eigenvalue weighted by Crippen LogP contribution is -2.37. The number of hydrogen-bond acceptors (Lipinski definition) is 5. The van der Waals surface area contributed by atoms with Gasteiger partial charge in [-0.15, -0.1) is 0 Å². The molecule has 4 heterocycles. The molecule has 0 spiro atoms. The van der Waals surface area contributed by atoms with E-state index in [0.717, 1.165) is 40.8 Å². The lowest BCUT2D eigenvalue weighted by atomic mass is 10.1. The van der Waals surface area contributed by atoms with Crippen LogP contribution in [0, 0.1) is 0 Å². The third-order valence-electron chi connectivity index (χ3n) is 5.17. The summed E-state index contributed by atoms with van der Waals surface area (Å²) in [4.78, 5) is 23.8. The Morgan fingerprint density at radius 3 is 2.65 bits per heavy atom. The van der Waals surface area contributed by atoms with Crippen molar-refractivity contribution in [1.29, 1.82) is 0 Å². The number of fused-ring (bicyclic) bond motifs is 1. The third kappa shape index (κ3) is 3.37. The van der Waals surface area contributed by atoms with E-state index in [2.05, 4.69) is 26.0 Å². The first kappa shape index (κ1) is 16.8. The van der Waals surface area contributed by atoms with Gasteiger partial charge in [0, 0.05) is 41.6 Å². The minimum atomic E-state index is -0.0325. The van der Waals surface area contributed by atoms with E-state index in [-0.39, 0.29) is 11.8 Å². The van der Waals surface area contributed by atoms with E-state index < -0.39 is 0 Å². The van der Waals surface area contributed by atoms with E-state index >= 15 is 0 Å². The van der Waals surface area contributed by atoms with Crippen molar-refractivity contribution in [2.24, 2.45) is 7.05 Å². The van der Waals surface area contributed by atoms with Crippen LogP contribution in [-0.4, -0.2) is 49.6 Å². The van der Waals surface area contributed by atoms with Gasteiger partial charge in [-0.05, 0) is 45.0 Å². The molecule has 0 aliphatic carbocycles. The van der Waals surface area contributed by atoms with Crippen molar-refractivity contribution >= 4 is 16.7 Å². The molecular weight excluding hydrogens is 326 g/mol. The van der Waals surface area contributed by atoms with Crippen LogP contribution in [0.3, 0.4) is 0 Å². The van der Waals surface area contributed by atoms with E-state index in [1.807, 2.05) is 38.6 Å². The molecule has 3 aromatic heterocycles. The van der Waals surface area contributed by atoms with Crippen LogP contribution >= 0.6 is 0 Å². The van der Waals surface area contributed by atoms with Crippen molar-refractivity contribution in [3.8, 4) is 11.1 Å². The topological polar surface area (TPSA) is 63.9 Å². The Morgan fingerprint density at radius 2 is 1.92 bits per heavy atom. The predicted octanol–water partition coefficient (Wildman–Crippen LogP) is 2.63. The summed E-state index contributed by atoms with van der Waals surface area (Å²) < 4.78 is 1.77. The zero-order valence-electron chi connectivity index (χ0n) is 15.2. The predicted molar refractivity (Wildman–Crippen MR) is 101 cm³/mol. The summed E-state index contributed by atoms with van der Waals surface area (Å²) in [7, 11) is 1.90. The minimum absolute atomic E-state index is 0.0325. The van der Waals surface area contributed by atoms with Gasteiger partial charge in [-0.3, -0.25) is 24.3 Å². The second-order valence-electron chi connectivity index (χ2n) is 7.06. The molecule has 1 aliphatic heterocycles. The third-order valence-corrected chi connectivity index (χ3v) is 5.17. The first-order chi connectivity index (χ1) is 12.6. The van der Waals surface area contributed by atoms with Crippen molar-refractivity contribution in [2.75, 3.05) is 13.1 Å². The lowest BCUT2D eigenvalue weighted by Gasteiger charge is -2.22. The van der Waals surface area contributed by atoms with Gasteiger partial charge in [0.05, 0.1) is 30.4 Å². The van der Waals surface area contributed by atoms with Crippen molar-refractivity contribution in [2.45, 2.75) is 32.2 Å². The zero-order chi connectivity index (χ0) is 18.1. The monoisotopic (exact) mass is 349 g/mol. The SMILES string of the molecule is C[C@H](C(=O)Cc1cc2cc(-c3cnn(C)c3)cnc2cn1)N1CCCC1.